The second-order valence-corrected chi connectivity index (χ2v) is 6.42. The van der Waals surface area contributed by atoms with Crippen molar-refractivity contribution in [3.8, 4) is 0 Å². The molecule has 2 aromatic rings. The van der Waals surface area contributed by atoms with Gasteiger partial charge in [0.1, 0.15) is 6.04 Å². The zero-order chi connectivity index (χ0) is 18.4. The highest BCUT2D eigenvalue weighted by Crippen LogP contribution is 2.18. The number of benzene rings is 1. The van der Waals surface area contributed by atoms with E-state index in [2.05, 4.69) is 10.4 Å². The lowest BCUT2D eigenvalue weighted by Gasteiger charge is -2.33. The van der Waals surface area contributed by atoms with Crippen molar-refractivity contribution in [2.24, 2.45) is 0 Å². The van der Waals surface area contributed by atoms with Crippen molar-refractivity contribution in [3.05, 3.63) is 53.9 Å². The fraction of sp³-hybridized carbons (Fsp3) is 0.421. The summed E-state index contributed by atoms with van der Waals surface area (Å²) in [5, 5.41) is 7.25. The van der Waals surface area contributed by atoms with E-state index in [-0.39, 0.29) is 5.91 Å². The molecule has 2 amide bonds. The average molecular weight is 356 g/mol. The maximum atomic E-state index is 12.5. The van der Waals surface area contributed by atoms with Gasteiger partial charge in [-0.2, -0.15) is 5.10 Å². The minimum atomic E-state index is -0.462. The fourth-order valence-electron chi connectivity index (χ4n) is 3.20. The lowest BCUT2D eigenvalue weighted by Crippen LogP contribution is -2.51. The van der Waals surface area contributed by atoms with Crippen LogP contribution in [-0.4, -0.2) is 46.4 Å². The second-order valence-electron chi connectivity index (χ2n) is 6.42. The highest BCUT2D eigenvalue weighted by molar-refractivity contribution is 5.85. The monoisotopic (exact) mass is 356 g/mol. The molecule has 1 aromatic carbocycles. The van der Waals surface area contributed by atoms with E-state index in [0.717, 1.165) is 18.4 Å². The third kappa shape index (κ3) is 4.41. The molecular formula is C19H24N4O3. The molecule has 7 nitrogen and oxygen atoms in total. The Morgan fingerprint density at radius 3 is 2.81 bits per heavy atom. The molecule has 1 fully saturated rings. The summed E-state index contributed by atoms with van der Waals surface area (Å²) in [5.41, 5.74) is 2.09. The van der Waals surface area contributed by atoms with Crippen LogP contribution in [0, 0.1) is 0 Å². The number of hydrogen-bond acceptors (Lipinski definition) is 4. The Hall–Kier alpha value is -2.83. The van der Waals surface area contributed by atoms with Crippen LogP contribution in [0.4, 0.5) is 4.79 Å². The first-order chi connectivity index (χ1) is 12.7. The molecule has 1 aliphatic heterocycles. The summed E-state index contributed by atoms with van der Waals surface area (Å²) < 4.78 is 6.63. The quantitative estimate of drug-likeness (QED) is 0.891. The molecule has 3 rings (SSSR count). The molecule has 1 saturated heterocycles. The van der Waals surface area contributed by atoms with Gasteiger partial charge in [0.05, 0.1) is 19.9 Å². The van der Waals surface area contributed by atoms with Crippen molar-refractivity contribution >= 4 is 12.0 Å². The molecule has 1 aliphatic rings. The molecule has 7 heteroatoms. The van der Waals surface area contributed by atoms with E-state index in [1.165, 1.54) is 17.6 Å². The van der Waals surface area contributed by atoms with E-state index >= 15 is 0 Å². The summed E-state index contributed by atoms with van der Waals surface area (Å²) in [6.45, 7) is 1.63. The lowest BCUT2D eigenvalue weighted by molar-refractivity contribution is -0.127. The molecule has 0 radical (unpaired) electrons. The van der Waals surface area contributed by atoms with Gasteiger partial charge in [-0.3, -0.25) is 14.4 Å². The smallest absolute Gasteiger partial charge is 0.410 e. The average Bonchev–Trinajstić information content (AvgIpc) is 3.13. The first-order valence-electron chi connectivity index (χ1n) is 8.85. The summed E-state index contributed by atoms with van der Waals surface area (Å²) in [6, 6.07) is 9.61. The Kier molecular flexibility index (Phi) is 5.88. The number of aromatic nitrogens is 2. The number of piperidine rings is 1. The summed E-state index contributed by atoms with van der Waals surface area (Å²) in [4.78, 5) is 25.9. The highest BCUT2D eigenvalue weighted by atomic mass is 16.5. The molecule has 138 valence electrons. The Balaban J connectivity index is 1.55. The second kappa shape index (κ2) is 8.51. The van der Waals surface area contributed by atoms with Crippen molar-refractivity contribution in [3.63, 3.8) is 0 Å². The van der Waals surface area contributed by atoms with E-state index in [0.29, 0.717) is 26.1 Å². The summed E-state index contributed by atoms with van der Waals surface area (Å²) >= 11 is 0. The first-order valence-corrected chi connectivity index (χ1v) is 8.85. The lowest BCUT2D eigenvalue weighted by atomic mass is 10.0. The fourth-order valence-corrected chi connectivity index (χ4v) is 3.20. The van der Waals surface area contributed by atoms with Crippen molar-refractivity contribution in [1.82, 2.24) is 20.0 Å². The minimum Gasteiger partial charge on any atom is -0.453 e. The van der Waals surface area contributed by atoms with Crippen LogP contribution >= 0.6 is 0 Å². The number of likely N-dealkylation sites (tertiary alicyclic amines) is 1. The number of carbonyl (C=O) groups excluding carboxylic acids is 2. The van der Waals surface area contributed by atoms with E-state index in [4.69, 9.17) is 4.74 Å². The Morgan fingerprint density at radius 2 is 2.04 bits per heavy atom. The van der Waals surface area contributed by atoms with Gasteiger partial charge in [-0.05, 0) is 24.8 Å². The van der Waals surface area contributed by atoms with Crippen LogP contribution in [-0.2, 0) is 22.6 Å². The molecule has 1 aromatic heterocycles. The largest absolute Gasteiger partial charge is 0.453 e. The van der Waals surface area contributed by atoms with Crippen LogP contribution in [0.25, 0.3) is 0 Å². The first kappa shape index (κ1) is 18.0. The zero-order valence-corrected chi connectivity index (χ0v) is 14.9. The summed E-state index contributed by atoms with van der Waals surface area (Å²) in [6.07, 6.45) is 5.72. The maximum absolute atomic E-state index is 12.5. The van der Waals surface area contributed by atoms with Gasteiger partial charge in [-0.1, -0.05) is 30.3 Å². The van der Waals surface area contributed by atoms with Crippen LogP contribution < -0.4 is 5.32 Å². The molecule has 0 spiro atoms. The van der Waals surface area contributed by atoms with E-state index in [1.807, 2.05) is 41.2 Å². The number of ether oxygens (including phenoxy) is 1. The van der Waals surface area contributed by atoms with Crippen molar-refractivity contribution in [2.45, 2.75) is 38.4 Å². The minimum absolute atomic E-state index is 0.147. The number of methoxy groups -OCH3 is 1. The predicted molar refractivity (Wildman–Crippen MR) is 96.4 cm³/mol. The standard InChI is InChI=1S/C19H24N4O3/c1-26-19(25)23-10-6-5-9-17(23)18(24)20-11-16-12-21-22(14-16)13-15-7-3-2-4-8-15/h2-4,7-8,12,14,17H,5-6,9-11,13H2,1H3,(H,20,24)/t17-/m1/s1. The number of rotatable bonds is 5. The zero-order valence-electron chi connectivity index (χ0n) is 14.9. The SMILES string of the molecule is COC(=O)N1CCCC[C@@H]1C(=O)NCc1cnn(Cc2ccccc2)c1. The van der Waals surface area contributed by atoms with Crippen LogP contribution in [0.2, 0.25) is 0 Å². The Bertz CT molecular complexity index is 744. The number of carbonyl (C=O) groups is 2. The predicted octanol–water partition coefficient (Wildman–Crippen LogP) is 2.17. The van der Waals surface area contributed by atoms with Gasteiger partial charge in [0.15, 0.2) is 0 Å². The van der Waals surface area contributed by atoms with E-state index in [9.17, 15) is 9.59 Å². The normalized spacial score (nSPS) is 17.0. The van der Waals surface area contributed by atoms with Crippen LogP contribution in [0.15, 0.2) is 42.7 Å². The van der Waals surface area contributed by atoms with Gasteiger partial charge < -0.3 is 10.1 Å². The molecule has 0 unspecified atom stereocenters. The van der Waals surface area contributed by atoms with Crippen molar-refractivity contribution < 1.29 is 14.3 Å². The molecule has 26 heavy (non-hydrogen) atoms. The molecule has 0 aliphatic carbocycles. The third-order valence-corrected chi connectivity index (χ3v) is 4.56. The molecule has 1 N–H and O–H groups in total. The third-order valence-electron chi connectivity index (χ3n) is 4.56. The van der Waals surface area contributed by atoms with Gasteiger partial charge in [-0.15, -0.1) is 0 Å². The number of hydrogen-bond donors (Lipinski definition) is 1. The van der Waals surface area contributed by atoms with Gasteiger partial charge >= 0.3 is 6.09 Å². The van der Waals surface area contributed by atoms with Crippen molar-refractivity contribution in [1.29, 1.82) is 0 Å². The topological polar surface area (TPSA) is 76.5 Å². The van der Waals surface area contributed by atoms with Gasteiger partial charge in [0, 0.05) is 24.8 Å². The van der Waals surface area contributed by atoms with E-state index < -0.39 is 12.1 Å². The van der Waals surface area contributed by atoms with E-state index in [1.54, 1.807) is 6.20 Å². The molecule has 1 atom stereocenters. The van der Waals surface area contributed by atoms with Gasteiger partial charge in [-0.25, -0.2) is 4.79 Å². The Labute approximate surface area is 152 Å². The maximum Gasteiger partial charge on any atom is 0.410 e. The summed E-state index contributed by atoms with van der Waals surface area (Å²) in [7, 11) is 1.34. The number of nitrogens with one attached hydrogen (secondary N) is 1. The van der Waals surface area contributed by atoms with Crippen LogP contribution in [0.1, 0.15) is 30.4 Å². The molecule has 2 heterocycles. The Morgan fingerprint density at radius 1 is 1.23 bits per heavy atom. The molecule has 0 bridgehead atoms. The highest BCUT2D eigenvalue weighted by Gasteiger charge is 2.32. The molecule has 0 saturated carbocycles. The van der Waals surface area contributed by atoms with Crippen LogP contribution in [0.3, 0.4) is 0 Å². The molecular weight excluding hydrogens is 332 g/mol. The van der Waals surface area contributed by atoms with Crippen molar-refractivity contribution in [2.75, 3.05) is 13.7 Å². The number of amides is 2. The van der Waals surface area contributed by atoms with Gasteiger partial charge in [0.25, 0.3) is 0 Å². The van der Waals surface area contributed by atoms with Crippen LogP contribution in [0.5, 0.6) is 0 Å². The van der Waals surface area contributed by atoms with Gasteiger partial charge in [0.2, 0.25) is 5.91 Å². The number of nitrogens with zero attached hydrogens (tertiary/aromatic N) is 3. The summed E-state index contributed by atoms with van der Waals surface area (Å²) in [5.74, 6) is -0.147.